The van der Waals surface area contributed by atoms with E-state index in [4.69, 9.17) is 4.74 Å². The molecule has 2 aromatic rings. The first-order valence-corrected chi connectivity index (χ1v) is 7.29. The minimum Gasteiger partial charge on any atom is -0.497 e. The summed E-state index contributed by atoms with van der Waals surface area (Å²) in [5.41, 5.74) is 3.20. The molecule has 23 heavy (non-hydrogen) atoms. The number of benzene rings is 2. The summed E-state index contributed by atoms with van der Waals surface area (Å²) >= 11 is 0. The minimum absolute atomic E-state index is 0.0934. The fourth-order valence-corrected chi connectivity index (χ4v) is 2.22. The molecule has 120 valence electrons. The van der Waals surface area contributed by atoms with Crippen LogP contribution in [0.15, 0.2) is 42.5 Å². The van der Waals surface area contributed by atoms with Gasteiger partial charge in [0.2, 0.25) is 5.91 Å². The minimum atomic E-state index is -0.319. The van der Waals surface area contributed by atoms with Crippen molar-refractivity contribution in [1.82, 2.24) is 5.32 Å². The molecule has 5 heteroatoms. The molecule has 0 bridgehead atoms. The standard InChI is InChI=1S/C18H20N2O3/c1-12-6-4-7-13(2)17(12)20-16(21)11-19-18(22)14-8-5-9-15(10-14)23-3/h4-10H,11H2,1-3H3,(H,19,22)(H,20,21). The second-order valence-electron chi connectivity index (χ2n) is 5.23. The average Bonchev–Trinajstić information content (AvgIpc) is 2.56. The van der Waals surface area contributed by atoms with Crippen molar-refractivity contribution in [2.45, 2.75) is 13.8 Å². The number of carbonyl (C=O) groups is 2. The van der Waals surface area contributed by atoms with Crippen molar-refractivity contribution < 1.29 is 14.3 Å². The van der Waals surface area contributed by atoms with E-state index in [9.17, 15) is 9.59 Å². The molecule has 0 unspecified atom stereocenters. The van der Waals surface area contributed by atoms with Crippen LogP contribution in [-0.2, 0) is 4.79 Å². The molecule has 0 spiro atoms. The molecular weight excluding hydrogens is 292 g/mol. The van der Waals surface area contributed by atoms with Gasteiger partial charge in [0.25, 0.3) is 5.91 Å². The van der Waals surface area contributed by atoms with E-state index in [1.807, 2.05) is 32.0 Å². The maximum absolute atomic E-state index is 12.1. The zero-order valence-electron chi connectivity index (χ0n) is 13.5. The first kappa shape index (κ1) is 16.5. The van der Waals surface area contributed by atoms with E-state index >= 15 is 0 Å². The Kier molecular flexibility index (Phi) is 5.36. The Labute approximate surface area is 135 Å². The summed E-state index contributed by atoms with van der Waals surface area (Å²) in [6, 6.07) is 12.6. The Morgan fingerprint density at radius 1 is 1.04 bits per heavy atom. The van der Waals surface area contributed by atoms with E-state index in [-0.39, 0.29) is 18.4 Å². The smallest absolute Gasteiger partial charge is 0.251 e. The highest BCUT2D eigenvalue weighted by Crippen LogP contribution is 2.19. The predicted molar refractivity (Wildman–Crippen MR) is 89.9 cm³/mol. The second kappa shape index (κ2) is 7.45. The van der Waals surface area contributed by atoms with Gasteiger partial charge in [0.1, 0.15) is 5.75 Å². The Bertz CT molecular complexity index is 706. The number of para-hydroxylation sites is 1. The number of aryl methyl sites for hydroxylation is 2. The summed E-state index contributed by atoms with van der Waals surface area (Å²) < 4.78 is 5.08. The first-order chi connectivity index (χ1) is 11.0. The fraction of sp³-hybridized carbons (Fsp3) is 0.222. The third kappa shape index (κ3) is 4.32. The number of ether oxygens (including phenoxy) is 1. The molecule has 0 fully saturated rings. The third-order valence-electron chi connectivity index (χ3n) is 3.49. The molecule has 0 aliphatic carbocycles. The second-order valence-corrected chi connectivity index (χ2v) is 5.23. The quantitative estimate of drug-likeness (QED) is 0.892. The van der Waals surface area contributed by atoms with E-state index in [1.165, 1.54) is 7.11 Å². The summed E-state index contributed by atoms with van der Waals surface area (Å²) in [6.07, 6.45) is 0. The van der Waals surface area contributed by atoms with Gasteiger partial charge in [0.15, 0.2) is 0 Å². The van der Waals surface area contributed by atoms with Gasteiger partial charge in [0.05, 0.1) is 13.7 Å². The maximum atomic E-state index is 12.1. The fourth-order valence-electron chi connectivity index (χ4n) is 2.22. The van der Waals surface area contributed by atoms with Crippen LogP contribution in [0.2, 0.25) is 0 Å². The van der Waals surface area contributed by atoms with Crippen molar-refractivity contribution in [1.29, 1.82) is 0 Å². The molecule has 0 atom stereocenters. The van der Waals surface area contributed by atoms with Crippen molar-refractivity contribution in [3.63, 3.8) is 0 Å². The average molecular weight is 312 g/mol. The molecule has 0 heterocycles. The molecule has 0 aromatic heterocycles. The zero-order valence-corrected chi connectivity index (χ0v) is 13.5. The van der Waals surface area contributed by atoms with E-state index in [1.54, 1.807) is 24.3 Å². The highest BCUT2D eigenvalue weighted by Gasteiger charge is 2.10. The lowest BCUT2D eigenvalue weighted by molar-refractivity contribution is -0.115. The number of anilines is 1. The molecular formula is C18H20N2O3. The third-order valence-corrected chi connectivity index (χ3v) is 3.49. The summed E-state index contributed by atoms with van der Waals surface area (Å²) in [4.78, 5) is 24.1. The Hall–Kier alpha value is -2.82. The largest absolute Gasteiger partial charge is 0.497 e. The lowest BCUT2D eigenvalue weighted by Gasteiger charge is -2.12. The number of rotatable bonds is 5. The molecule has 0 saturated carbocycles. The molecule has 2 amide bonds. The molecule has 5 nitrogen and oxygen atoms in total. The van der Waals surface area contributed by atoms with Crippen LogP contribution in [-0.4, -0.2) is 25.5 Å². The van der Waals surface area contributed by atoms with Gasteiger partial charge < -0.3 is 15.4 Å². The van der Waals surface area contributed by atoms with Crippen LogP contribution < -0.4 is 15.4 Å². The summed E-state index contributed by atoms with van der Waals surface area (Å²) in [6.45, 7) is 3.76. The van der Waals surface area contributed by atoms with Gasteiger partial charge in [0, 0.05) is 11.3 Å². The molecule has 0 aliphatic heterocycles. The van der Waals surface area contributed by atoms with Crippen molar-refractivity contribution >= 4 is 17.5 Å². The van der Waals surface area contributed by atoms with E-state index in [0.29, 0.717) is 11.3 Å². The van der Waals surface area contributed by atoms with Crippen molar-refractivity contribution in [2.24, 2.45) is 0 Å². The molecule has 0 aliphatic rings. The summed E-state index contributed by atoms with van der Waals surface area (Å²) in [5, 5.41) is 5.43. The van der Waals surface area contributed by atoms with Crippen LogP contribution in [0.4, 0.5) is 5.69 Å². The Morgan fingerprint density at radius 3 is 2.35 bits per heavy atom. The van der Waals surface area contributed by atoms with Crippen LogP contribution in [0.25, 0.3) is 0 Å². The normalized spacial score (nSPS) is 10.0. The highest BCUT2D eigenvalue weighted by molar-refractivity contribution is 6.00. The van der Waals surface area contributed by atoms with Gasteiger partial charge in [-0.1, -0.05) is 24.3 Å². The van der Waals surface area contributed by atoms with Crippen molar-refractivity contribution in [3.8, 4) is 5.75 Å². The van der Waals surface area contributed by atoms with Gasteiger partial charge in [-0.25, -0.2) is 0 Å². The van der Waals surface area contributed by atoms with Crippen LogP contribution >= 0.6 is 0 Å². The number of hydrogen-bond acceptors (Lipinski definition) is 3. The van der Waals surface area contributed by atoms with E-state index in [0.717, 1.165) is 16.8 Å². The van der Waals surface area contributed by atoms with Crippen LogP contribution in [0, 0.1) is 13.8 Å². The summed E-state index contributed by atoms with van der Waals surface area (Å²) in [5.74, 6) is 0.0110. The van der Waals surface area contributed by atoms with Crippen LogP contribution in [0.1, 0.15) is 21.5 Å². The lowest BCUT2D eigenvalue weighted by atomic mass is 10.1. The summed E-state index contributed by atoms with van der Waals surface area (Å²) in [7, 11) is 1.54. The maximum Gasteiger partial charge on any atom is 0.251 e. The zero-order chi connectivity index (χ0) is 16.8. The Balaban J connectivity index is 1.95. The van der Waals surface area contributed by atoms with E-state index < -0.39 is 0 Å². The van der Waals surface area contributed by atoms with Gasteiger partial charge in [-0.3, -0.25) is 9.59 Å². The van der Waals surface area contributed by atoms with Crippen LogP contribution in [0.3, 0.4) is 0 Å². The number of amides is 2. The van der Waals surface area contributed by atoms with Gasteiger partial charge in [-0.2, -0.15) is 0 Å². The van der Waals surface area contributed by atoms with Crippen LogP contribution in [0.5, 0.6) is 5.75 Å². The lowest BCUT2D eigenvalue weighted by Crippen LogP contribution is -2.33. The van der Waals surface area contributed by atoms with Gasteiger partial charge >= 0.3 is 0 Å². The number of methoxy groups -OCH3 is 1. The number of hydrogen-bond donors (Lipinski definition) is 2. The molecule has 0 radical (unpaired) electrons. The van der Waals surface area contributed by atoms with E-state index in [2.05, 4.69) is 10.6 Å². The molecule has 2 rings (SSSR count). The Morgan fingerprint density at radius 2 is 1.70 bits per heavy atom. The molecule has 2 N–H and O–H groups in total. The number of nitrogens with one attached hydrogen (secondary N) is 2. The molecule has 2 aromatic carbocycles. The number of carbonyl (C=O) groups excluding carboxylic acids is 2. The monoisotopic (exact) mass is 312 g/mol. The van der Waals surface area contributed by atoms with Crippen molar-refractivity contribution in [3.05, 3.63) is 59.2 Å². The predicted octanol–water partition coefficient (Wildman–Crippen LogP) is 2.68. The highest BCUT2D eigenvalue weighted by atomic mass is 16.5. The SMILES string of the molecule is COc1cccc(C(=O)NCC(=O)Nc2c(C)cccc2C)c1. The van der Waals surface area contributed by atoms with Crippen molar-refractivity contribution in [2.75, 3.05) is 19.0 Å². The van der Waals surface area contributed by atoms with Gasteiger partial charge in [-0.05, 0) is 43.2 Å². The van der Waals surface area contributed by atoms with Gasteiger partial charge in [-0.15, -0.1) is 0 Å². The topological polar surface area (TPSA) is 67.4 Å². The molecule has 0 saturated heterocycles. The first-order valence-electron chi connectivity index (χ1n) is 7.29.